The van der Waals surface area contributed by atoms with E-state index < -0.39 is 0 Å². The monoisotopic (exact) mass is 769 g/mol. The minimum Gasteiger partial charge on any atom is -0.455 e. The van der Waals surface area contributed by atoms with Crippen molar-refractivity contribution >= 4 is 92.1 Å². The van der Waals surface area contributed by atoms with Crippen molar-refractivity contribution in [3.8, 4) is 33.4 Å². The quantitative estimate of drug-likeness (QED) is 0.167. The van der Waals surface area contributed by atoms with Crippen LogP contribution in [0.5, 0.6) is 0 Å². The molecule has 0 bridgehead atoms. The van der Waals surface area contributed by atoms with Gasteiger partial charge in [-0.1, -0.05) is 140 Å². The molecular weight excluding hydrogens is 735 g/mol. The van der Waals surface area contributed by atoms with Gasteiger partial charge in [0.1, 0.15) is 11.2 Å². The zero-order chi connectivity index (χ0) is 38.9. The standard InChI is InChI=1S/C56H35NOS/c1-3-10-41-34-43(18-16-36(41)8-1)38-20-26-45(27-21-38)57(46-28-22-39(23-29-46)44-19-17-37-9-2-4-11-42(37)35-44)47-30-24-40(25-31-47)48-13-7-15-52-54(48)55-53(59-52)33-32-50-49-12-5-6-14-51(49)58-56(50)55/h1-35H. The van der Waals surface area contributed by atoms with E-state index in [0.29, 0.717) is 0 Å². The molecule has 2 heterocycles. The van der Waals surface area contributed by atoms with E-state index in [1.165, 1.54) is 75.1 Å². The van der Waals surface area contributed by atoms with Gasteiger partial charge in [-0.25, -0.2) is 0 Å². The Bertz CT molecular complexity index is 3420. The molecule has 12 aromatic rings. The number of para-hydroxylation sites is 1. The topological polar surface area (TPSA) is 16.4 Å². The highest BCUT2D eigenvalue weighted by Gasteiger charge is 2.19. The largest absolute Gasteiger partial charge is 0.455 e. The Hall–Kier alpha value is -7.46. The Kier molecular flexibility index (Phi) is 7.75. The van der Waals surface area contributed by atoms with Crippen LogP contribution >= 0.6 is 11.3 Å². The number of furan rings is 1. The molecule has 0 saturated heterocycles. The lowest BCUT2D eigenvalue weighted by Crippen LogP contribution is -2.09. The van der Waals surface area contributed by atoms with Gasteiger partial charge in [0.25, 0.3) is 0 Å². The molecular formula is C56H35NOS. The maximum Gasteiger partial charge on any atom is 0.144 e. The van der Waals surface area contributed by atoms with Crippen LogP contribution in [0.4, 0.5) is 17.1 Å². The van der Waals surface area contributed by atoms with Crippen molar-refractivity contribution in [1.29, 1.82) is 0 Å². The summed E-state index contributed by atoms with van der Waals surface area (Å²) in [5.74, 6) is 0. The lowest BCUT2D eigenvalue weighted by atomic mass is 9.98. The van der Waals surface area contributed by atoms with Gasteiger partial charge >= 0.3 is 0 Å². The summed E-state index contributed by atoms with van der Waals surface area (Å²) < 4.78 is 9.08. The van der Waals surface area contributed by atoms with Crippen LogP contribution in [0.2, 0.25) is 0 Å². The number of rotatable bonds is 6. The van der Waals surface area contributed by atoms with E-state index in [9.17, 15) is 0 Å². The molecule has 2 nitrogen and oxygen atoms in total. The Morgan fingerprint density at radius 3 is 1.46 bits per heavy atom. The molecule has 0 aliphatic rings. The summed E-state index contributed by atoms with van der Waals surface area (Å²) in [7, 11) is 0. The molecule has 10 aromatic carbocycles. The van der Waals surface area contributed by atoms with Gasteiger partial charge in [0.15, 0.2) is 0 Å². The minimum absolute atomic E-state index is 0.923. The maximum atomic E-state index is 6.58. The lowest BCUT2D eigenvalue weighted by Gasteiger charge is -2.26. The Morgan fingerprint density at radius 2 is 0.847 bits per heavy atom. The molecule has 0 aliphatic heterocycles. The van der Waals surface area contributed by atoms with Crippen molar-refractivity contribution in [2.75, 3.05) is 4.90 Å². The first-order valence-corrected chi connectivity index (χ1v) is 20.9. The van der Waals surface area contributed by atoms with E-state index in [1.807, 2.05) is 17.4 Å². The smallest absolute Gasteiger partial charge is 0.144 e. The summed E-state index contributed by atoms with van der Waals surface area (Å²) in [5, 5.41) is 9.74. The number of anilines is 3. The van der Waals surface area contributed by atoms with E-state index in [4.69, 9.17) is 4.42 Å². The van der Waals surface area contributed by atoms with E-state index >= 15 is 0 Å². The fourth-order valence-electron chi connectivity index (χ4n) is 8.91. The fraction of sp³-hybridized carbons (Fsp3) is 0. The van der Waals surface area contributed by atoms with E-state index in [1.54, 1.807) is 0 Å². The minimum atomic E-state index is 0.923. The predicted molar refractivity (Wildman–Crippen MR) is 253 cm³/mol. The summed E-state index contributed by atoms with van der Waals surface area (Å²) >= 11 is 1.83. The Labute approximate surface area is 345 Å². The Morgan fingerprint density at radius 1 is 0.339 bits per heavy atom. The molecule has 0 unspecified atom stereocenters. The van der Waals surface area contributed by atoms with E-state index in [-0.39, 0.29) is 0 Å². The van der Waals surface area contributed by atoms with Crippen LogP contribution in [-0.4, -0.2) is 0 Å². The van der Waals surface area contributed by atoms with Gasteiger partial charge in [-0.15, -0.1) is 11.3 Å². The third-order valence-corrected chi connectivity index (χ3v) is 13.0. The first-order chi connectivity index (χ1) is 29.2. The third kappa shape index (κ3) is 5.70. The second-order valence-electron chi connectivity index (χ2n) is 15.3. The molecule has 0 saturated carbocycles. The lowest BCUT2D eigenvalue weighted by molar-refractivity contribution is 0.673. The third-order valence-electron chi connectivity index (χ3n) is 11.9. The average molecular weight is 770 g/mol. The molecule has 2 aromatic heterocycles. The molecule has 0 spiro atoms. The zero-order valence-electron chi connectivity index (χ0n) is 32.0. The van der Waals surface area contributed by atoms with Gasteiger partial charge in [-0.2, -0.15) is 0 Å². The van der Waals surface area contributed by atoms with Crippen LogP contribution in [0.3, 0.4) is 0 Å². The van der Waals surface area contributed by atoms with E-state index in [0.717, 1.165) is 39.0 Å². The summed E-state index contributed by atoms with van der Waals surface area (Å²) in [6, 6.07) is 77.0. The fourth-order valence-corrected chi connectivity index (χ4v) is 10.0. The van der Waals surface area contributed by atoms with Crippen LogP contribution in [0.15, 0.2) is 217 Å². The second-order valence-corrected chi connectivity index (χ2v) is 16.4. The van der Waals surface area contributed by atoms with Gasteiger partial charge in [0.05, 0.1) is 0 Å². The van der Waals surface area contributed by atoms with Gasteiger partial charge < -0.3 is 9.32 Å². The molecule has 0 fully saturated rings. The molecule has 0 N–H and O–H groups in total. The predicted octanol–water partition coefficient (Wildman–Crippen LogP) is 16.7. The normalized spacial score (nSPS) is 11.7. The highest BCUT2D eigenvalue weighted by molar-refractivity contribution is 7.26. The summed E-state index contributed by atoms with van der Waals surface area (Å²) in [4.78, 5) is 2.36. The highest BCUT2D eigenvalue weighted by Crippen LogP contribution is 2.46. The molecule has 0 radical (unpaired) electrons. The van der Waals surface area contributed by atoms with Crippen molar-refractivity contribution in [3.05, 3.63) is 212 Å². The number of hydrogen-bond donors (Lipinski definition) is 0. The highest BCUT2D eigenvalue weighted by atomic mass is 32.1. The van der Waals surface area contributed by atoms with Crippen molar-refractivity contribution in [2.45, 2.75) is 0 Å². The number of benzene rings is 10. The molecule has 12 rings (SSSR count). The van der Waals surface area contributed by atoms with Crippen LogP contribution in [0.25, 0.3) is 97.0 Å². The number of hydrogen-bond acceptors (Lipinski definition) is 3. The summed E-state index contributed by atoms with van der Waals surface area (Å²) in [5.41, 5.74) is 12.3. The molecule has 276 valence electrons. The van der Waals surface area contributed by atoms with Crippen LogP contribution in [0, 0.1) is 0 Å². The molecule has 0 aliphatic carbocycles. The van der Waals surface area contributed by atoms with Crippen molar-refractivity contribution in [2.24, 2.45) is 0 Å². The summed E-state index contributed by atoms with van der Waals surface area (Å²) in [6.07, 6.45) is 0. The van der Waals surface area contributed by atoms with Crippen molar-refractivity contribution in [1.82, 2.24) is 0 Å². The SMILES string of the molecule is c1ccc2cc(-c3ccc(N(c4ccc(-c5ccc6ccccc6c5)cc4)c4ccc(-c5cccc6sc7ccc8c9ccccc9oc8c7c56)cc4)cc3)ccc2c1. The molecule has 3 heteroatoms. The second kappa shape index (κ2) is 13.6. The number of thiophene rings is 1. The average Bonchev–Trinajstić information content (AvgIpc) is 3.88. The van der Waals surface area contributed by atoms with Gasteiger partial charge in [0, 0.05) is 48.0 Å². The number of fused-ring (bicyclic) bond motifs is 9. The van der Waals surface area contributed by atoms with Crippen LogP contribution in [0.1, 0.15) is 0 Å². The molecule has 0 amide bonds. The van der Waals surface area contributed by atoms with Crippen molar-refractivity contribution < 1.29 is 4.42 Å². The first kappa shape index (κ1) is 33.7. The molecule has 0 atom stereocenters. The zero-order valence-corrected chi connectivity index (χ0v) is 32.8. The summed E-state index contributed by atoms with van der Waals surface area (Å²) in [6.45, 7) is 0. The Balaban J connectivity index is 0.957. The van der Waals surface area contributed by atoms with Gasteiger partial charge in [-0.05, 0) is 128 Å². The van der Waals surface area contributed by atoms with Crippen LogP contribution < -0.4 is 4.90 Å². The van der Waals surface area contributed by atoms with Gasteiger partial charge in [-0.3, -0.25) is 0 Å². The number of nitrogens with zero attached hydrogens (tertiary/aromatic N) is 1. The van der Waals surface area contributed by atoms with Gasteiger partial charge in [0.2, 0.25) is 0 Å². The first-order valence-electron chi connectivity index (χ1n) is 20.1. The van der Waals surface area contributed by atoms with Crippen LogP contribution in [-0.2, 0) is 0 Å². The maximum absolute atomic E-state index is 6.58. The van der Waals surface area contributed by atoms with Crippen molar-refractivity contribution in [3.63, 3.8) is 0 Å². The molecule has 59 heavy (non-hydrogen) atoms. The van der Waals surface area contributed by atoms with E-state index in [2.05, 4.69) is 211 Å².